The summed E-state index contributed by atoms with van der Waals surface area (Å²) in [4.78, 5) is -0.191. The second-order valence-corrected chi connectivity index (χ2v) is 10.3. The lowest BCUT2D eigenvalue weighted by atomic mass is 10.2. The lowest BCUT2D eigenvalue weighted by Crippen LogP contribution is -2.16. The molecule has 0 unspecified atom stereocenters. The SMILES string of the molecule is COc1ccccc1NS(=O)(=O)c1ccc(C)c(NS(=O)(=O)c2ccc(OC)c(OC)c2)c1. The summed E-state index contributed by atoms with van der Waals surface area (Å²) >= 11 is 0. The number of methoxy groups -OCH3 is 3. The molecule has 0 bridgehead atoms. The zero-order chi connectivity index (χ0) is 24.2. The van der Waals surface area contributed by atoms with Gasteiger partial charge in [-0.05, 0) is 48.9 Å². The molecule has 0 atom stereocenters. The summed E-state index contributed by atoms with van der Waals surface area (Å²) in [7, 11) is -3.80. The molecule has 0 amide bonds. The molecule has 0 fully saturated rings. The quantitative estimate of drug-likeness (QED) is 0.468. The van der Waals surface area contributed by atoms with Crippen molar-refractivity contribution in [2.45, 2.75) is 16.7 Å². The van der Waals surface area contributed by atoms with E-state index < -0.39 is 20.0 Å². The number of hydrogen-bond acceptors (Lipinski definition) is 7. The van der Waals surface area contributed by atoms with Crippen LogP contribution in [-0.2, 0) is 20.0 Å². The highest BCUT2D eigenvalue weighted by Crippen LogP contribution is 2.32. The van der Waals surface area contributed by atoms with E-state index in [2.05, 4.69) is 9.44 Å². The fourth-order valence-corrected chi connectivity index (χ4v) is 5.23. The van der Waals surface area contributed by atoms with Crippen molar-refractivity contribution in [1.82, 2.24) is 0 Å². The van der Waals surface area contributed by atoms with E-state index in [0.717, 1.165) is 0 Å². The molecule has 11 heteroatoms. The van der Waals surface area contributed by atoms with E-state index in [1.54, 1.807) is 31.2 Å². The minimum atomic E-state index is -4.05. The lowest BCUT2D eigenvalue weighted by Gasteiger charge is -2.15. The molecule has 0 aliphatic rings. The predicted molar refractivity (Wildman–Crippen MR) is 125 cm³/mol. The van der Waals surface area contributed by atoms with Crippen LogP contribution in [0.3, 0.4) is 0 Å². The van der Waals surface area contributed by atoms with Crippen molar-refractivity contribution in [2.24, 2.45) is 0 Å². The Labute approximate surface area is 193 Å². The number of ether oxygens (including phenoxy) is 3. The van der Waals surface area contributed by atoms with Gasteiger partial charge in [0.05, 0.1) is 42.5 Å². The average molecular weight is 493 g/mol. The maximum absolute atomic E-state index is 13.0. The maximum atomic E-state index is 13.0. The first-order valence-corrected chi connectivity index (χ1v) is 12.6. The van der Waals surface area contributed by atoms with Crippen molar-refractivity contribution >= 4 is 31.4 Å². The van der Waals surface area contributed by atoms with Crippen molar-refractivity contribution in [1.29, 1.82) is 0 Å². The second-order valence-electron chi connectivity index (χ2n) is 6.90. The van der Waals surface area contributed by atoms with Gasteiger partial charge >= 0.3 is 0 Å². The van der Waals surface area contributed by atoms with E-state index in [1.165, 1.54) is 57.7 Å². The average Bonchev–Trinajstić information content (AvgIpc) is 2.79. The van der Waals surface area contributed by atoms with Crippen LogP contribution >= 0.6 is 0 Å². The van der Waals surface area contributed by atoms with Crippen LogP contribution in [-0.4, -0.2) is 38.2 Å². The van der Waals surface area contributed by atoms with Gasteiger partial charge in [0.25, 0.3) is 20.0 Å². The first kappa shape index (κ1) is 24.2. The molecule has 0 radical (unpaired) electrons. The smallest absolute Gasteiger partial charge is 0.262 e. The molecule has 0 saturated carbocycles. The van der Waals surface area contributed by atoms with E-state index >= 15 is 0 Å². The Bertz CT molecular complexity index is 1370. The monoisotopic (exact) mass is 492 g/mol. The molecule has 0 aromatic heterocycles. The number of nitrogens with one attached hydrogen (secondary N) is 2. The number of anilines is 2. The first-order valence-electron chi connectivity index (χ1n) is 9.62. The van der Waals surface area contributed by atoms with Crippen LogP contribution in [0.5, 0.6) is 17.2 Å². The molecule has 9 nitrogen and oxygen atoms in total. The maximum Gasteiger partial charge on any atom is 0.262 e. The number of aryl methyl sites for hydroxylation is 1. The molecule has 3 aromatic rings. The minimum Gasteiger partial charge on any atom is -0.495 e. The van der Waals surface area contributed by atoms with E-state index in [1.807, 2.05) is 0 Å². The number of rotatable bonds is 9. The van der Waals surface area contributed by atoms with E-state index in [-0.39, 0.29) is 26.9 Å². The normalized spacial score (nSPS) is 11.5. The van der Waals surface area contributed by atoms with Crippen molar-refractivity contribution < 1.29 is 31.0 Å². The van der Waals surface area contributed by atoms with Crippen molar-refractivity contribution in [2.75, 3.05) is 30.8 Å². The molecular weight excluding hydrogens is 468 g/mol. The summed E-state index contributed by atoms with van der Waals surface area (Å²) in [5, 5.41) is 0. The van der Waals surface area contributed by atoms with Gasteiger partial charge < -0.3 is 14.2 Å². The molecule has 176 valence electrons. The van der Waals surface area contributed by atoms with Crippen LogP contribution in [0.4, 0.5) is 11.4 Å². The summed E-state index contributed by atoms with van der Waals surface area (Å²) in [6.45, 7) is 1.66. The van der Waals surface area contributed by atoms with Gasteiger partial charge in [-0.15, -0.1) is 0 Å². The summed E-state index contributed by atoms with van der Waals surface area (Å²) in [5.41, 5.74) is 0.913. The molecule has 3 rings (SSSR count). The van der Waals surface area contributed by atoms with Gasteiger partial charge in [0.15, 0.2) is 11.5 Å². The Hall–Kier alpha value is -3.44. The summed E-state index contributed by atoms with van der Waals surface area (Å²) in [5.74, 6) is 0.972. The molecule has 0 saturated heterocycles. The van der Waals surface area contributed by atoms with Crippen molar-refractivity contribution in [3.8, 4) is 17.2 Å². The fourth-order valence-electron chi connectivity index (χ4n) is 3.00. The highest BCUT2D eigenvalue weighted by molar-refractivity contribution is 7.93. The number of benzene rings is 3. The van der Waals surface area contributed by atoms with Gasteiger partial charge in [-0.2, -0.15) is 0 Å². The highest BCUT2D eigenvalue weighted by atomic mass is 32.2. The topological polar surface area (TPSA) is 120 Å². The second kappa shape index (κ2) is 9.59. The van der Waals surface area contributed by atoms with E-state index in [9.17, 15) is 16.8 Å². The Morgan fingerprint density at radius 3 is 1.79 bits per heavy atom. The van der Waals surface area contributed by atoms with Crippen LogP contribution in [0.2, 0.25) is 0 Å². The Balaban J connectivity index is 1.94. The third-order valence-electron chi connectivity index (χ3n) is 4.78. The predicted octanol–water partition coefficient (Wildman–Crippen LogP) is 3.62. The fraction of sp³-hybridized carbons (Fsp3) is 0.182. The molecular formula is C22H24N2O7S2. The minimum absolute atomic E-state index is 0.0695. The van der Waals surface area contributed by atoms with Gasteiger partial charge in [-0.3, -0.25) is 9.44 Å². The zero-order valence-electron chi connectivity index (χ0n) is 18.4. The number of para-hydroxylation sites is 2. The summed E-state index contributed by atoms with van der Waals surface area (Å²) < 4.78 is 72.2. The highest BCUT2D eigenvalue weighted by Gasteiger charge is 2.21. The summed E-state index contributed by atoms with van der Waals surface area (Å²) in [6.07, 6.45) is 0. The van der Waals surface area contributed by atoms with Gasteiger partial charge in [-0.25, -0.2) is 16.8 Å². The van der Waals surface area contributed by atoms with Gasteiger partial charge in [0, 0.05) is 6.07 Å². The van der Waals surface area contributed by atoms with Gasteiger partial charge in [-0.1, -0.05) is 18.2 Å². The van der Waals surface area contributed by atoms with Crippen molar-refractivity contribution in [3.05, 3.63) is 66.2 Å². The standard InChI is InChI=1S/C22H24N2O7S2/c1-15-9-10-16(32(25,26)23-18-7-5-6-8-20(18)29-2)13-19(15)24-33(27,28)17-11-12-21(30-3)22(14-17)31-4/h5-14,23-24H,1-4H3. The van der Waals surface area contributed by atoms with Crippen LogP contribution in [0.15, 0.2) is 70.5 Å². The Kier molecular flexibility index (Phi) is 7.04. The molecule has 0 aliphatic heterocycles. The molecule has 0 heterocycles. The van der Waals surface area contributed by atoms with Crippen molar-refractivity contribution in [3.63, 3.8) is 0 Å². The summed E-state index contributed by atoms with van der Waals surface area (Å²) in [6, 6.07) is 14.9. The molecule has 3 aromatic carbocycles. The third-order valence-corrected chi connectivity index (χ3v) is 7.51. The van der Waals surface area contributed by atoms with Crippen LogP contribution < -0.4 is 23.7 Å². The van der Waals surface area contributed by atoms with Crippen LogP contribution in [0.1, 0.15) is 5.56 Å². The Morgan fingerprint density at radius 2 is 1.15 bits per heavy atom. The van der Waals surface area contributed by atoms with E-state index in [4.69, 9.17) is 14.2 Å². The number of hydrogen-bond donors (Lipinski definition) is 2. The molecule has 0 spiro atoms. The largest absolute Gasteiger partial charge is 0.495 e. The van der Waals surface area contributed by atoms with Gasteiger partial charge in [0.1, 0.15) is 5.75 Å². The Morgan fingerprint density at radius 1 is 0.606 bits per heavy atom. The van der Waals surface area contributed by atoms with Crippen LogP contribution in [0.25, 0.3) is 0 Å². The number of sulfonamides is 2. The van der Waals surface area contributed by atoms with Gasteiger partial charge in [0.2, 0.25) is 0 Å². The van der Waals surface area contributed by atoms with E-state index in [0.29, 0.717) is 17.1 Å². The third kappa shape index (κ3) is 5.32. The van der Waals surface area contributed by atoms with Crippen LogP contribution in [0, 0.1) is 6.92 Å². The molecule has 2 N–H and O–H groups in total. The molecule has 0 aliphatic carbocycles. The lowest BCUT2D eigenvalue weighted by molar-refractivity contribution is 0.354. The first-order chi connectivity index (χ1) is 15.6. The zero-order valence-corrected chi connectivity index (χ0v) is 20.1. The molecule has 33 heavy (non-hydrogen) atoms.